The largest absolute Gasteiger partial charge is 0.497 e. The van der Waals surface area contributed by atoms with Crippen LogP contribution in [0.1, 0.15) is 23.2 Å². The summed E-state index contributed by atoms with van der Waals surface area (Å²) in [6, 6.07) is 11.6. The number of hydrogen-bond acceptors (Lipinski definition) is 5. The molecular weight excluding hydrogens is 322 g/mol. The molecule has 1 amide bonds. The molecule has 0 unspecified atom stereocenters. The summed E-state index contributed by atoms with van der Waals surface area (Å²) in [4.78, 5) is 25.4. The molecule has 0 spiro atoms. The quantitative estimate of drug-likeness (QED) is 0.665. The Bertz CT molecular complexity index is 801. The zero-order valence-electron chi connectivity index (χ0n) is 13.9. The maximum absolute atomic E-state index is 12.4. The van der Waals surface area contributed by atoms with Crippen molar-refractivity contribution in [3.05, 3.63) is 58.1 Å². The molecule has 0 saturated carbocycles. The van der Waals surface area contributed by atoms with Gasteiger partial charge >= 0.3 is 0 Å². The zero-order chi connectivity index (χ0) is 17.8. The van der Waals surface area contributed by atoms with E-state index < -0.39 is 10.8 Å². The van der Waals surface area contributed by atoms with Crippen LogP contribution in [0.2, 0.25) is 0 Å². The molecule has 1 saturated heterocycles. The number of benzene rings is 2. The number of carbonyl (C=O) groups is 1. The Morgan fingerprint density at radius 2 is 1.96 bits per heavy atom. The van der Waals surface area contributed by atoms with Crippen LogP contribution in [-0.2, 0) is 0 Å². The number of nitrogens with one attached hydrogen (secondary N) is 1. The number of nitrogens with zero attached hydrogens (tertiary/aromatic N) is 2. The van der Waals surface area contributed by atoms with E-state index in [0.717, 1.165) is 25.9 Å². The number of nitro groups is 1. The molecule has 1 aliphatic heterocycles. The Morgan fingerprint density at radius 3 is 2.64 bits per heavy atom. The van der Waals surface area contributed by atoms with E-state index in [4.69, 9.17) is 4.74 Å². The van der Waals surface area contributed by atoms with Gasteiger partial charge in [-0.25, -0.2) is 0 Å². The lowest BCUT2D eigenvalue weighted by atomic mass is 10.1. The average molecular weight is 341 g/mol. The minimum atomic E-state index is -0.435. The molecule has 0 aromatic heterocycles. The van der Waals surface area contributed by atoms with E-state index in [9.17, 15) is 14.9 Å². The highest BCUT2D eigenvalue weighted by Gasteiger charge is 2.23. The summed E-state index contributed by atoms with van der Waals surface area (Å²) >= 11 is 0. The van der Waals surface area contributed by atoms with Crippen molar-refractivity contribution >= 4 is 23.0 Å². The second-order valence-corrected chi connectivity index (χ2v) is 5.84. The van der Waals surface area contributed by atoms with Gasteiger partial charge in [-0.2, -0.15) is 0 Å². The van der Waals surface area contributed by atoms with Crippen LogP contribution in [0.4, 0.5) is 17.1 Å². The summed E-state index contributed by atoms with van der Waals surface area (Å²) in [5, 5.41) is 14.2. The molecule has 0 atom stereocenters. The van der Waals surface area contributed by atoms with Gasteiger partial charge in [-0.1, -0.05) is 6.07 Å². The Hall–Kier alpha value is -3.09. The molecule has 7 nitrogen and oxygen atoms in total. The van der Waals surface area contributed by atoms with Crippen molar-refractivity contribution in [3.8, 4) is 5.75 Å². The molecule has 1 N–H and O–H groups in total. The van der Waals surface area contributed by atoms with Gasteiger partial charge in [0.2, 0.25) is 0 Å². The minimum Gasteiger partial charge on any atom is -0.497 e. The summed E-state index contributed by atoms with van der Waals surface area (Å²) in [6.45, 7) is 1.60. The van der Waals surface area contributed by atoms with Gasteiger partial charge in [-0.3, -0.25) is 14.9 Å². The number of rotatable bonds is 5. The maximum atomic E-state index is 12.4. The van der Waals surface area contributed by atoms with Crippen molar-refractivity contribution in [2.45, 2.75) is 12.8 Å². The van der Waals surface area contributed by atoms with E-state index >= 15 is 0 Å². The van der Waals surface area contributed by atoms with Crippen LogP contribution in [0.3, 0.4) is 0 Å². The van der Waals surface area contributed by atoms with E-state index in [1.807, 2.05) is 4.90 Å². The minimum absolute atomic E-state index is 0.0415. The molecule has 1 fully saturated rings. The van der Waals surface area contributed by atoms with Crippen LogP contribution < -0.4 is 15.0 Å². The van der Waals surface area contributed by atoms with E-state index in [1.165, 1.54) is 6.07 Å². The fourth-order valence-corrected chi connectivity index (χ4v) is 2.94. The Kier molecular flexibility index (Phi) is 4.83. The third-order valence-electron chi connectivity index (χ3n) is 4.21. The average Bonchev–Trinajstić information content (AvgIpc) is 3.15. The Balaban J connectivity index is 1.84. The van der Waals surface area contributed by atoms with Crippen LogP contribution in [0.25, 0.3) is 0 Å². The lowest BCUT2D eigenvalue weighted by Gasteiger charge is -2.17. The fraction of sp³-hybridized carbons (Fsp3) is 0.278. The molecule has 130 valence electrons. The Morgan fingerprint density at radius 1 is 1.20 bits per heavy atom. The molecule has 7 heteroatoms. The lowest BCUT2D eigenvalue weighted by Crippen LogP contribution is -2.19. The third kappa shape index (κ3) is 3.71. The van der Waals surface area contributed by atoms with Crippen molar-refractivity contribution in [2.75, 3.05) is 30.4 Å². The zero-order valence-corrected chi connectivity index (χ0v) is 13.9. The normalized spacial score (nSPS) is 13.6. The molecule has 2 aromatic carbocycles. The van der Waals surface area contributed by atoms with Gasteiger partial charge in [0.05, 0.1) is 12.0 Å². The van der Waals surface area contributed by atoms with Crippen molar-refractivity contribution in [1.82, 2.24) is 0 Å². The highest BCUT2D eigenvalue weighted by molar-refractivity contribution is 6.05. The lowest BCUT2D eigenvalue weighted by molar-refractivity contribution is -0.384. The van der Waals surface area contributed by atoms with Crippen molar-refractivity contribution in [1.29, 1.82) is 0 Å². The monoisotopic (exact) mass is 341 g/mol. The first-order chi connectivity index (χ1) is 12.1. The summed E-state index contributed by atoms with van der Waals surface area (Å²) in [7, 11) is 1.54. The summed E-state index contributed by atoms with van der Waals surface area (Å²) in [5.74, 6) is 0.220. The van der Waals surface area contributed by atoms with Gasteiger partial charge in [0.1, 0.15) is 11.4 Å². The molecule has 25 heavy (non-hydrogen) atoms. The van der Waals surface area contributed by atoms with Crippen LogP contribution >= 0.6 is 0 Å². The SMILES string of the molecule is COc1cccc(NC(=O)c2ccc(N3CCCC3)c([N+](=O)[O-])c2)c1. The van der Waals surface area contributed by atoms with Crippen molar-refractivity contribution in [3.63, 3.8) is 0 Å². The third-order valence-corrected chi connectivity index (χ3v) is 4.21. The molecule has 1 heterocycles. The van der Waals surface area contributed by atoms with E-state index in [0.29, 0.717) is 17.1 Å². The first-order valence-electron chi connectivity index (χ1n) is 8.07. The van der Waals surface area contributed by atoms with E-state index in [-0.39, 0.29) is 11.3 Å². The topological polar surface area (TPSA) is 84.7 Å². The highest BCUT2D eigenvalue weighted by Crippen LogP contribution is 2.32. The van der Waals surface area contributed by atoms with Gasteiger partial charge in [0.25, 0.3) is 11.6 Å². The number of carbonyl (C=O) groups excluding carboxylic acids is 1. The number of anilines is 2. The first-order valence-corrected chi connectivity index (χ1v) is 8.07. The standard InChI is InChI=1S/C18H19N3O4/c1-25-15-6-4-5-14(12-15)19-18(22)13-7-8-16(17(11-13)21(23)24)20-9-2-3-10-20/h4-8,11-12H,2-3,9-10H2,1H3,(H,19,22). The smallest absolute Gasteiger partial charge is 0.293 e. The number of nitro benzene ring substituents is 1. The van der Waals surface area contributed by atoms with Gasteiger partial charge < -0.3 is 15.0 Å². The maximum Gasteiger partial charge on any atom is 0.293 e. The van der Waals surface area contributed by atoms with Gasteiger partial charge in [0, 0.05) is 36.5 Å². The van der Waals surface area contributed by atoms with Crippen LogP contribution in [0, 0.1) is 10.1 Å². The predicted octanol–water partition coefficient (Wildman–Crippen LogP) is 3.46. The summed E-state index contributed by atoms with van der Waals surface area (Å²) in [5.41, 5.74) is 1.34. The second-order valence-electron chi connectivity index (χ2n) is 5.84. The number of methoxy groups -OCH3 is 1. The van der Waals surface area contributed by atoms with Crippen LogP contribution in [0.15, 0.2) is 42.5 Å². The van der Waals surface area contributed by atoms with Gasteiger partial charge in [0.15, 0.2) is 0 Å². The van der Waals surface area contributed by atoms with Crippen molar-refractivity contribution in [2.24, 2.45) is 0 Å². The summed E-state index contributed by atoms with van der Waals surface area (Å²) in [6.07, 6.45) is 2.05. The molecule has 1 aliphatic rings. The van der Waals surface area contributed by atoms with Crippen LogP contribution in [0.5, 0.6) is 5.75 Å². The van der Waals surface area contributed by atoms with E-state index in [1.54, 1.807) is 43.5 Å². The highest BCUT2D eigenvalue weighted by atomic mass is 16.6. The van der Waals surface area contributed by atoms with Gasteiger partial charge in [-0.15, -0.1) is 0 Å². The summed E-state index contributed by atoms with van der Waals surface area (Å²) < 4.78 is 5.12. The molecule has 0 radical (unpaired) electrons. The molecular formula is C18H19N3O4. The number of hydrogen-bond donors (Lipinski definition) is 1. The van der Waals surface area contributed by atoms with Crippen LogP contribution in [-0.4, -0.2) is 31.0 Å². The second kappa shape index (κ2) is 7.21. The Labute approximate surface area is 145 Å². The number of ether oxygens (including phenoxy) is 1. The molecule has 0 bridgehead atoms. The fourth-order valence-electron chi connectivity index (χ4n) is 2.94. The first kappa shape index (κ1) is 16.8. The number of amides is 1. The molecule has 3 rings (SSSR count). The van der Waals surface area contributed by atoms with E-state index in [2.05, 4.69) is 5.32 Å². The molecule has 2 aromatic rings. The molecule has 0 aliphatic carbocycles. The van der Waals surface area contributed by atoms with Crippen molar-refractivity contribution < 1.29 is 14.5 Å². The van der Waals surface area contributed by atoms with Gasteiger partial charge in [-0.05, 0) is 37.1 Å². The predicted molar refractivity (Wildman–Crippen MR) is 95.5 cm³/mol.